The van der Waals surface area contributed by atoms with Gasteiger partial charge in [-0.3, -0.25) is 0 Å². The van der Waals surface area contributed by atoms with Gasteiger partial charge >= 0.3 is 5.97 Å². The summed E-state index contributed by atoms with van der Waals surface area (Å²) in [5, 5.41) is 9.01. The van der Waals surface area contributed by atoms with E-state index in [2.05, 4.69) is 19.9 Å². The number of carbonyl (C=O) groups is 1. The second-order valence-electron chi connectivity index (χ2n) is 4.05. The van der Waals surface area contributed by atoms with E-state index in [4.69, 9.17) is 9.84 Å². The van der Waals surface area contributed by atoms with Crippen molar-refractivity contribution in [1.82, 2.24) is 19.9 Å². The van der Waals surface area contributed by atoms with E-state index in [-0.39, 0.29) is 5.56 Å². The van der Waals surface area contributed by atoms with Crippen molar-refractivity contribution in [2.45, 2.75) is 0 Å². The van der Waals surface area contributed by atoms with Crippen molar-refractivity contribution in [2.24, 2.45) is 0 Å². The van der Waals surface area contributed by atoms with Crippen molar-refractivity contribution in [3.8, 4) is 17.3 Å². The number of hydrogen-bond acceptors (Lipinski definition) is 5. The lowest BCUT2D eigenvalue weighted by Gasteiger charge is -1.98. The molecule has 1 aromatic carbocycles. The van der Waals surface area contributed by atoms with E-state index < -0.39 is 5.97 Å². The Bertz CT molecular complexity index is 797. The number of H-pyrrole nitrogens is 1. The molecule has 100 valence electrons. The van der Waals surface area contributed by atoms with Crippen LogP contribution in [0.3, 0.4) is 0 Å². The molecule has 0 saturated heterocycles. The molecule has 0 amide bonds. The van der Waals surface area contributed by atoms with Crippen molar-refractivity contribution in [3.63, 3.8) is 0 Å². The highest BCUT2D eigenvalue weighted by molar-refractivity contribution is 5.89. The van der Waals surface area contributed by atoms with Crippen molar-refractivity contribution < 1.29 is 14.6 Å². The second-order valence-corrected chi connectivity index (χ2v) is 4.05. The zero-order chi connectivity index (χ0) is 14.1. The Kier molecular flexibility index (Phi) is 2.79. The number of carboxylic acids is 1. The van der Waals surface area contributed by atoms with Crippen LogP contribution >= 0.6 is 0 Å². The molecule has 20 heavy (non-hydrogen) atoms. The van der Waals surface area contributed by atoms with Gasteiger partial charge < -0.3 is 14.8 Å². The number of rotatable bonds is 3. The number of aromatic amines is 1. The molecule has 0 fully saturated rings. The van der Waals surface area contributed by atoms with Crippen LogP contribution in [0.5, 0.6) is 5.88 Å². The average molecular weight is 270 g/mol. The standard InChI is InChI=1S/C13H10N4O3/c1-20-12-9-11(14-6-15-12)17-10(16-9)7-3-2-4-8(5-7)13(18)19/h2-6H,1H3,(H,18,19)(H,14,15,16,17). The van der Waals surface area contributed by atoms with Crippen LogP contribution in [-0.4, -0.2) is 38.1 Å². The summed E-state index contributed by atoms with van der Waals surface area (Å²) < 4.78 is 5.11. The molecular weight excluding hydrogens is 260 g/mol. The number of methoxy groups -OCH3 is 1. The summed E-state index contributed by atoms with van der Waals surface area (Å²) in [6, 6.07) is 6.49. The third kappa shape index (κ3) is 1.95. The van der Waals surface area contributed by atoms with Gasteiger partial charge in [0.1, 0.15) is 12.2 Å². The monoisotopic (exact) mass is 270 g/mol. The Morgan fingerprint density at radius 3 is 2.95 bits per heavy atom. The van der Waals surface area contributed by atoms with Gasteiger partial charge in [0.2, 0.25) is 5.88 Å². The van der Waals surface area contributed by atoms with Crippen molar-refractivity contribution in [3.05, 3.63) is 36.2 Å². The number of imidazole rings is 1. The molecule has 0 aliphatic carbocycles. The van der Waals surface area contributed by atoms with E-state index in [1.807, 2.05) is 0 Å². The highest BCUT2D eigenvalue weighted by atomic mass is 16.5. The third-order valence-electron chi connectivity index (χ3n) is 2.83. The number of aromatic carboxylic acids is 1. The number of ether oxygens (including phenoxy) is 1. The number of benzene rings is 1. The molecule has 0 saturated carbocycles. The molecular formula is C13H10N4O3. The van der Waals surface area contributed by atoms with Gasteiger partial charge in [-0.2, -0.15) is 4.98 Å². The van der Waals surface area contributed by atoms with Crippen molar-refractivity contribution >= 4 is 17.1 Å². The quantitative estimate of drug-likeness (QED) is 0.751. The molecule has 0 unspecified atom stereocenters. The summed E-state index contributed by atoms with van der Waals surface area (Å²) in [5.41, 5.74) is 1.89. The number of hydrogen-bond donors (Lipinski definition) is 2. The molecule has 7 heteroatoms. The van der Waals surface area contributed by atoms with Crippen LogP contribution in [0, 0.1) is 0 Å². The molecule has 0 radical (unpaired) electrons. The van der Waals surface area contributed by atoms with Gasteiger partial charge in [-0.1, -0.05) is 12.1 Å². The molecule has 0 spiro atoms. The van der Waals surface area contributed by atoms with Crippen molar-refractivity contribution in [1.29, 1.82) is 0 Å². The van der Waals surface area contributed by atoms with Gasteiger partial charge in [0.05, 0.1) is 12.7 Å². The van der Waals surface area contributed by atoms with E-state index in [0.717, 1.165) is 0 Å². The van der Waals surface area contributed by atoms with Crippen LogP contribution in [0.1, 0.15) is 10.4 Å². The highest BCUT2D eigenvalue weighted by Gasteiger charge is 2.12. The zero-order valence-electron chi connectivity index (χ0n) is 10.5. The van der Waals surface area contributed by atoms with Gasteiger partial charge in [-0.25, -0.2) is 14.8 Å². The second kappa shape index (κ2) is 4.61. The Morgan fingerprint density at radius 2 is 2.20 bits per heavy atom. The molecule has 3 rings (SSSR count). The van der Waals surface area contributed by atoms with Gasteiger partial charge in [0.15, 0.2) is 11.2 Å². The van der Waals surface area contributed by atoms with E-state index >= 15 is 0 Å². The lowest BCUT2D eigenvalue weighted by molar-refractivity contribution is 0.0697. The fourth-order valence-corrected chi connectivity index (χ4v) is 1.89. The first-order chi connectivity index (χ1) is 9.69. The molecule has 0 atom stereocenters. The van der Waals surface area contributed by atoms with E-state index in [1.54, 1.807) is 18.2 Å². The summed E-state index contributed by atoms with van der Waals surface area (Å²) >= 11 is 0. The Morgan fingerprint density at radius 1 is 1.35 bits per heavy atom. The van der Waals surface area contributed by atoms with Gasteiger partial charge in [-0.05, 0) is 12.1 Å². The number of nitrogens with one attached hydrogen (secondary N) is 1. The van der Waals surface area contributed by atoms with E-state index in [1.165, 1.54) is 19.5 Å². The molecule has 2 N–H and O–H groups in total. The van der Waals surface area contributed by atoms with E-state index in [9.17, 15) is 4.79 Å². The predicted octanol–water partition coefficient (Wildman–Crippen LogP) is 1.73. The normalized spacial score (nSPS) is 10.7. The molecule has 0 aliphatic rings. The molecule has 2 heterocycles. The Hall–Kier alpha value is -2.96. The van der Waals surface area contributed by atoms with E-state index in [0.29, 0.717) is 28.4 Å². The molecule has 0 aliphatic heterocycles. The third-order valence-corrected chi connectivity index (χ3v) is 2.83. The number of fused-ring (bicyclic) bond motifs is 1. The van der Waals surface area contributed by atoms with Crippen LogP contribution in [0.4, 0.5) is 0 Å². The molecule has 7 nitrogen and oxygen atoms in total. The van der Waals surface area contributed by atoms with Gasteiger partial charge in [-0.15, -0.1) is 0 Å². The van der Waals surface area contributed by atoms with Crippen LogP contribution in [-0.2, 0) is 0 Å². The predicted molar refractivity (Wildman–Crippen MR) is 70.6 cm³/mol. The molecule has 0 bridgehead atoms. The fourth-order valence-electron chi connectivity index (χ4n) is 1.89. The SMILES string of the molecule is COc1ncnc2[nH]c(-c3cccc(C(=O)O)c3)nc12. The first-order valence-electron chi connectivity index (χ1n) is 5.77. The highest BCUT2D eigenvalue weighted by Crippen LogP contribution is 2.24. The minimum absolute atomic E-state index is 0.195. The zero-order valence-corrected chi connectivity index (χ0v) is 10.5. The fraction of sp³-hybridized carbons (Fsp3) is 0.0769. The maximum absolute atomic E-state index is 11.0. The first-order valence-corrected chi connectivity index (χ1v) is 5.77. The number of nitrogens with zero attached hydrogens (tertiary/aromatic N) is 3. The number of aromatic nitrogens is 4. The van der Waals surface area contributed by atoms with Crippen LogP contribution < -0.4 is 4.74 Å². The Balaban J connectivity index is 2.15. The average Bonchev–Trinajstić information content (AvgIpc) is 2.91. The minimum atomic E-state index is -0.986. The molecule has 3 aromatic rings. The maximum Gasteiger partial charge on any atom is 0.335 e. The summed E-state index contributed by atoms with van der Waals surface area (Å²) in [4.78, 5) is 26.4. The van der Waals surface area contributed by atoms with Crippen LogP contribution in [0.2, 0.25) is 0 Å². The minimum Gasteiger partial charge on any atom is -0.479 e. The summed E-state index contributed by atoms with van der Waals surface area (Å²) in [5.74, 6) is -0.103. The Labute approximate surface area is 113 Å². The topological polar surface area (TPSA) is 101 Å². The lowest BCUT2D eigenvalue weighted by atomic mass is 10.1. The van der Waals surface area contributed by atoms with Crippen LogP contribution in [0.25, 0.3) is 22.6 Å². The summed E-state index contributed by atoms with van der Waals surface area (Å²) in [7, 11) is 1.50. The maximum atomic E-state index is 11.0. The number of carboxylic acid groups (broad SMARTS) is 1. The summed E-state index contributed by atoms with van der Waals surface area (Å²) in [6.45, 7) is 0. The first kappa shape index (κ1) is 12.1. The largest absolute Gasteiger partial charge is 0.479 e. The van der Waals surface area contributed by atoms with Crippen LogP contribution in [0.15, 0.2) is 30.6 Å². The van der Waals surface area contributed by atoms with Gasteiger partial charge in [0.25, 0.3) is 0 Å². The molecule has 2 aromatic heterocycles. The van der Waals surface area contributed by atoms with Gasteiger partial charge in [0, 0.05) is 5.56 Å². The lowest BCUT2D eigenvalue weighted by Crippen LogP contribution is -1.96. The van der Waals surface area contributed by atoms with Crippen molar-refractivity contribution in [2.75, 3.05) is 7.11 Å². The summed E-state index contributed by atoms with van der Waals surface area (Å²) in [6.07, 6.45) is 1.37. The smallest absolute Gasteiger partial charge is 0.335 e.